The lowest BCUT2D eigenvalue weighted by atomic mass is 9.95. The first-order valence-electron chi connectivity index (χ1n) is 10.5. The molecule has 0 amide bonds. The Morgan fingerprint density at radius 1 is 1.22 bits per heavy atom. The van der Waals surface area contributed by atoms with Crippen molar-refractivity contribution in [3.8, 4) is 11.5 Å². The Bertz CT molecular complexity index is 1610. The van der Waals surface area contributed by atoms with Gasteiger partial charge in [-0.3, -0.25) is 19.5 Å². The first kappa shape index (κ1) is 25.1. The van der Waals surface area contributed by atoms with E-state index in [0.29, 0.717) is 42.7 Å². The fourth-order valence-corrected chi connectivity index (χ4v) is 5.33. The van der Waals surface area contributed by atoms with Crippen LogP contribution in [0.15, 0.2) is 57.5 Å². The zero-order chi connectivity index (χ0) is 26.1. The van der Waals surface area contributed by atoms with E-state index in [9.17, 15) is 19.7 Å². The molecule has 3 aromatic rings. The van der Waals surface area contributed by atoms with E-state index in [0.717, 1.165) is 11.3 Å². The SMILES string of the molecule is COC(=O)C1=C(C)N=c2s/c(=C/c3cc(Cl)c(OC)c(OC)c3)c(=O)n2C1c1cccc([N+](=O)[O-])c1. The number of hydrogen-bond acceptors (Lipinski definition) is 9. The zero-order valence-corrected chi connectivity index (χ0v) is 21.2. The van der Waals surface area contributed by atoms with Gasteiger partial charge in [-0.1, -0.05) is 35.1 Å². The molecular formula is C24H20ClN3O7S. The van der Waals surface area contributed by atoms with E-state index in [4.69, 9.17) is 25.8 Å². The summed E-state index contributed by atoms with van der Waals surface area (Å²) in [6.07, 6.45) is 1.62. The number of aromatic nitrogens is 1. The number of carbonyl (C=O) groups is 1. The number of halogens is 1. The van der Waals surface area contributed by atoms with Crippen LogP contribution in [0.1, 0.15) is 24.1 Å². The highest BCUT2D eigenvalue weighted by atomic mass is 35.5. The van der Waals surface area contributed by atoms with Gasteiger partial charge in [-0.05, 0) is 36.3 Å². The Hall–Kier alpha value is -3.96. The highest BCUT2D eigenvalue weighted by Gasteiger charge is 2.33. The van der Waals surface area contributed by atoms with Crippen LogP contribution < -0.4 is 24.4 Å². The molecule has 1 aliphatic rings. The van der Waals surface area contributed by atoms with E-state index >= 15 is 0 Å². The van der Waals surface area contributed by atoms with Gasteiger partial charge in [0.15, 0.2) is 16.3 Å². The molecule has 0 saturated carbocycles. The summed E-state index contributed by atoms with van der Waals surface area (Å²) in [7, 11) is 4.16. The molecule has 0 aliphatic carbocycles. The van der Waals surface area contributed by atoms with Gasteiger partial charge in [-0.15, -0.1) is 0 Å². The van der Waals surface area contributed by atoms with Gasteiger partial charge >= 0.3 is 5.97 Å². The molecule has 0 bridgehead atoms. The predicted molar refractivity (Wildman–Crippen MR) is 133 cm³/mol. The predicted octanol–water partition coefficient (Wildman–Crippen LogP) is 2.99. The van der Waals surface area contributed by atoms with Crippen molar-refractivity contribution < 1.29 is 23.9 Å². The molecule has 1 aliphatic heterocycles. The molecule has 1 atom stereocenters. The van der Waals surface area contributed by atoms with Crippen LogP contribution in [0.3, 0.4) is 0 Å². The summed E-state index contributed by atoms with van der Waals surface area (Å²) in [4.78, 5) is 42.0. The van der Waals surface area contributed by atoms with Crippen LogP contribution in [0.2, 0.25) is 5.02 Å². The minimum atomic E-state index is -0.968. The van der Waals surface area contributed by atoms with Crippen LogP contribution in [-0.4, -0.2) is 36.8 Å². The highest BCUT2D eigenvalue weighted by molar-refractivity contribution is 7.07. The molecular weight excluding hydrogens is 510 g/mol. The summed E-state index contributed by atoms with van der Waals surface area (Å²) in [5.74, 6) is 0.0674. The lowest BCUT2D eigenvalue weighted by Gasteiger charge is -2.24. The molecule has 0 fully saturated rings. The van der Waals surface area contributed by atoms with Gasteiger partial charge in [0.05, 0.1) is 53.1 Å². The first-order chi connectivity index (χ1) is 17.2. The van der Waals surface area contributed by atoms with Crippen LogP contribution in [0.5, 0.6) is 11.5 Å². The summed E-state index contributed by atoms with van der Waals surface area (Å²) in [5, 5.41) is 11.7. The van der Waals surface area contributed by atoms with E-state index < -0.39 is 22.5 Å². The minimum Gasteiger partial charge on any atom is -0.493 e. The molecule has 0 spiro atoms. The lowest BCUT2D eigenvalue weighted by Crippen LogP contribution is -2.39. The number of allylic oxidation sites excluding steroid dienone is 1. The fourth-order valence-electron chi connectivity index (χ4n) is 3.99. The molecule has 10 nitrogen and oxygen atoms in total. The van der Waals surface area contributed by atoms with Gasteiger partial charge in [0.1, 0.15) is 0 Å². The topological polar surface area (TPSA) is 122 Å². The van der Waals surface area contributed by atoms with Crippen molar-refractivity contribution in [1.82, 2.24) is 4.57 Å². The van der Waals surface area contributed by atoms with E-state index in [2.05, 4.69) is 4.99 Å². The number of nitro benzene ring substituents is 1. The maximum absolute atomic E-state index is 13.6. The minimum absolute atomic E-state index is 0.117. The quantitative estimate of drug-likeness (QED) is 0.273. The Morgan fingerprint density at radius 3 is 2.61 bits per heavy atom. The molecule has 1 unspecified atom stereocenters. The second-order valence-electron chi connectivity index (χ2n) is 7.66. The van der Waals surface area contributed by atoms with Crippen LogP contribution in [-0.2, 0) is 9.53 Å². The number of thiazole rings is 1. The van der Waals surface area contributed by atoms with E-state index in [1.807, 2.05) is 0 Å². The molecule has 1 aromatic heterocycles. The van der Waals surface area contributed by atoms with Gasteiger partial charge in [-0.25, -0.2) is 9.79 Å². The largest absolute Gasteiger partial charge is 0.493 e. The molecule has 0 radical (unpaired) electrons. The second kappa shape index (κ2) is 9.96. The monoisotopic (exact) mass is 529 g/mol. The normalized spacial score (nSPS) is 15.2. The van der Waals surface area contributed by atoms with Gasteiger partial charge in [-0.2, -0.15) is 0 Å². The van der Waals surface area contributed by atoms with Crippen molar-refractivity contribution in [1.29, 1.82) is 0 Å². The van der Waals surface area contributed by atoms with E-state index in [1.165, 1.54) is 44.1 Å². The average Bonchev–Trinajstić information content (AvgIpc) is 3.16. The smallest absolute Gasteiger partial charge is 0.338 e. The van der Waals surface area contributed by atoms with Crippen LogP contribution in [0.4, 0.5) is 5.69 Å². The Labute approximate surface area is 213 Å². The highest BCUT2D eigenvalue weighted by Crippen LogP contribution is 2.36. The van der Waals surface area contributed by atoms with Gasteiger partial charge in [0.2, 0.25) is 0 Å². The maximum atomic E-state index is 13.6. The summed E-state index contributed by atoms with van der Waals surface area (Å²) < 4.78 is 17.2. The zero-order valence-electron chi connectivity index (χ0n) is 19.6. The second-order valence-corrected chi connectivity index (χ2v) is 9.08. The van der Waals surface area contributed by atoms with Crippen molar-refractivity contribution in [3.05, 3.63) is 93.6 Å². The summed E-state index contributed by atoms with van der Waals surface area (Å²) >= 11 is 7.43. The van der Waals surface area contributed by atoms with Crippen molar-refractivity contribution in [3.63, 3.8) is 0 Å². The number of benzene rings is 2. The fraction of sp³-hybridized carbons (Fsp3) is 0.208. The number of non-ortho nitro benzene ring substituents is 1. The lowest BCUT2D eigenvalue weighted by molar-refractivity contribution is -0.384. The Morgan fingerprint density at radius 2 is 1.97 bits per heavy atom. The molecule has 36 heavy (non-hydrogen) atoms. The summed E-state index contributed by atoms with van der Waals surface area (Å²) in [6, 6.07) is 8.12. The van der Waals surface area contributed by atoms with Crippen LogP contribution in [0.25, 0.3) is 6.08 Å². The molecule has 2 heterocycles. The average molecular weight is 530 g/mol. The standard InChI is InChI=1S/C24H20ClN3O7S/c1-12-19(23(30)35-4)20(14-6-5-7-15(11-14)28(31)32)27-22(29)18(36-24(27)26-12)10-13-8-16(25)21(34-3)17(9-13)33-2/h5-11,20H,1-4H3/b18-10+. The Kier molecular flexibility index (Phi) is 6.95. The number of esters is 1. The number of rotatable bonds is 6. The number of carbonyl (C=O) groups excluding carboxylic acids is 1. The van der Waals surface area contributed by atoms with E-state index in [1.54, 1.807) is 31.2 Å². The van der Waals surface area contributed by atoms with Crippen molar-refractivity contribution in [2.45, 2.75) is 13.0 Å². The number of ether oxygens (including phenoxy) is 3. The number of fused-ring (bicyclic) bond motifs is 1. The van der Waals surface area contributed by atoms with Crippen LogP contribution >= 0.6 is 22.9 Å². The van der Waals surface area contributed by atoms with Crippen molar-refractivity contribution in [2.75, 3.05) is 21.3 Å². The Balaban J connectivity index is 1.97. The van der Waals surface area contributed by atoms with Gasteiger partial charge in [0.25, 0.3) is 11.2 Å². The number of methoxy groups -OCH3 is 3. The summed E-state index contributed by atoms with van der Waals surface area (Å²) in [6.45, 7) is 1.63. The van der Waals surface area contributed by atoms with Crippen molar-refractivity contribution >= 4 is 40.7 Å². The third kappa shape index (κ3) is 4.38. The molecule has 0 saturated heterocycles. The van der Waals surface area contributed by atoms with Crippen LogP contribution in [0, 0.1) is 10.1 Å². The first-order valence-corrected chi connectivity index (χ1v) is 11.7. The third-order valence-corrected chi connectivity index (χ3v) is 6.84. The summed E-state index contributed by atoms with van der Waals surface area (Å²) in [5.41, 5.74) is 0.814. The molecule has 12 heteroatoms. The van der Waals surface area contributed by atoms with Crippen molar-refractivity contribution in [2.24, 2.45) is 4.99 Å². The molecule has 4 rings (SSSR count). The molecule has 2 aromatic carbocycles. The maximum Gasteiger partial charge on any atom is 0.338 e. The van der Waals surface area contributed by atoms with Gasteiger partial charge < -0.3 is 14.2 Å². The van der Waals surface area contributed by atoms with E-state index in [-0.39, 0.29) is 11.3 Å². The number of nitro groups is 1. The van der Waals surface area contributed by atoms with Gasteiger partial charge in [0, 0.05) is 12.1 Å². The number of nitrogens with zero attached hydrogens (tertiary/aromatic N) is 3. The third-order valence-electron chi connectivity index (χ3n) is 5.58. The molecule has 0 N–H and O–H groups in total. The molecule has 186 valence electrons. The number of hydrogen-bond donors (Lipinski definition) is 0.